The van der Waals surface area contributed by atoms with Crippen molar-refractivity contribution in [1.82, 2.24) is 10.2 Å². The van der Waals surface area contributed by atoms with Gasteiger partial charge in [-0.2, -0.15) is 0 Å². The summed E-state index contributed by atoms with van der Waals surface area (Å²) >= 11 is 0. The predicted octanol–water partition coefficient (Wildman–Crippen LogP) is 1.77. The minimum absolute atomic E-state index is 0.0854. The average molecular weight is 347 g/mol. The van der Waals surface area contributed by atoms with E-state index in [0.717, 1.165) is 42.4 Å². The molecule has 0 aromatic heterocycles. The van der Waals surface area contributed by atoms with Gasteiger partial charge in [-0.05, 0) is 37.5 Å². The van der Waals surface area contributed by atoms with Crippen LogP contribution in [0.15, 0.2) is 23.2 Å². The predicted molar refractivity (Wildman–Crippen MR) is 93.7 cm³/mol. The Morgan fingerprint density at radius 3 is 3.04 bits per heavy atom. The van der Waals surface area contributed by atoms with Gasteiger partial charge in [-0.1, -0.05) is 6.07 Å². The van der Waals surface area contributed by atoms with E-state index in [4.69, 9.17) is 14.2 Å². The molecule has 0 aliphatic carbocycles. The molecule has 2 aliphatic rings. The molecule has 3 rings (SSSR count). The van der Waals surface area contributed by atoms with Gasteiger partial charge >= 0.3 is 5.97 Å². The highest BCUT2D eigenvalue weighted by atomic mass is 16.7. The fraction of sp³-hybridized carbons (Fsp3) is 0.556. The molecule has 25 heavy (non-hydrogen) atoms. The summed E-state index contributed by atoms with van der Waals surface area (Å²) in [6, 6.07) is 5.89. The number of aliphatic imine (C=N–C) groups is 1. The van der Waals surface area contributed by atoms with Gasteiger partial charge in [-0.3, -0.25) is 9.79 Å². The first-order valence-corrected chi connectivity index (χ1v) is 8.72. The first kappa shape index (κ1) is 17.4. The molecule has 1 unspecified atom stereocenters. The number of rotatable bonds is 4. The lowest BCUT2D eigenvalue weighted by Crippen LogP contribution is -2.48. The quantitative estimate of drug-likeness (QED) is 0.508. The van der Waals surface area contributed by atoms with E-state index in [-0.39, 0.29) is 18.7 Å². The lowest BCUT2D eigenvalue weighted by molar-refractivity contribution is -0.149. The van der Waals surface area contributed by atoms with Gasteiger partial charge in [0.05, 0.1) is 12.5 Å². The Kier molecular flexibility index (Phi) is 5.63. The number of hydrogen-bond donors (Lipinski definition) is 1. The average Bonchev–Trinajstić information content (AvgIpc) is 3.10. The number of benzene rings is 1. The van der Waals surface area contributed by atoms with Gasteiger partial charge in [0, 0.05) is 26.7 Å². The Balaban J connectivity index is 1.58. The van der Waals surface area contributed by atoms with E-state index in [1.807, 2.05) is 25.1 Å². The second-order valence-electron chi connectivity index (χ2n) is 6.13. The summed E-state index contributed by atoms with van der Waals surface area (Å²) in [5, 5.41) is 3.37. The number of fused-ring (bicyclic) bond motifs is 1. The van der Waals surface area contributed by atoms with E-state index in [1.165, 1.54) is 0 Å². The van der Waals surface area contributed by atoms with Crippen molar-refractivity contribution >= 4 is 11.9 Å². The van der Waals surface area contributed by atoms with Crippen molar-refractivity contribution in [1.29, 1.82) is 0 Å². The van der Waals surface area contributed by atoms with Crippen LogP contribution in [0.5, 0.6) is 11.5 Å². The highest BCUT2D eigenvalue weighted by molar-refractivity contribution is 5.81. The topological polar surface area (TPSA) is 72.4 Å². The highest BCUT2D eigenvalue weighted by Gasteiger charge is 2.28. The zero-order valence-electron chi connectivity index (χ0n) is 14.8. The summed E-state index contributed by atoms with van der Waals surface area (Å²) in [6.07, 6.45) is 1.82. The first-order chi connectivity index (χ1) is 12.2. The molecular weight excluding hydrogens is 322 g/mol. The number of likely N-dealkylation sites (tertiary alicyclic amines) is 1. The molecule has 0 radical (unpaired) electrons. The van der Waals surface area contributed by atoms with E-state index in [2.05, 4.69) is 15.2 Å². The summed E-state index contributed by atoms with van der Waals surface area (Å²) in [6.45, 7) is 4.69. The molecule has 2 aliphatic heterocycles. The molecule has 7 heteroatoms. The lowest BCUT2D eigenvalue weighted by atomic mass is 9.98. The van der Waals surface area contributed by atoms with Crippen LogP contribution in [0.1, 0.15) is 25.3 Å². The van der Waals surface area contributed by atoms with E-state index in [0.29, 0.717) is 19.7 Å². The van der Waals surface area contributed by atoms with Crippen LogP contribution in [-0.4, -0.2) is 50.4 Å². The number of piperidine rings is 1. The Hall–Kier alpha value is -2.44. The maximum Gasteiger partial charge on any atom is 0.310 e. The minimum atomic E-state index is -0.113. The number of carbonyl (C=O) groups is 1. The van der Waals surface area contributed by atoms with Gasteiger partial charge in [0.2, 0.25) is 6.79 Å². The van der Waals surface area contributed by atoms with Crippen molar-refractivity contribution < 1.29 is 19.0 Å². The fourth-order valence-corrected chi connectivity index (χ4v) is 3.19. The number of nitrogens with zero attached hydrogens (tertiary/aromatic N) is 2. The second kappa shape index (κ2) is 8.09. The van der Waals surface area contributed by atoms with Gasteiger partial charge in [0.1, 0.15) is 0 Å². The molecule has 7 nitrogen and oxygen atoms in total. The van der Waals surface area contributed by atoms with Crippen molar-refractivity contribution in [2.45, 2.75) is 26.3 Å². The standard InChI is InChI=1S/C18H25N3O4/c1-3-23-17(22)14-5-4-8-21(11-14)18(19-2)20-10-13-6-7-15-16(9-13)25-12-24-15/h6-7,9,14H,3-5,8,10-12H2,1-2H3,(H,19,20). The summed E-state index contributed by atoms with van der Waals surface area (Å²) < 4.78 is 15.9. The molecule has 1 atom stereocenters. The molecule has 0 bridgehead atoms. The summed E-state index contributed by atoms with van der Waals surface area (Å²) in [7, 11) is 1.76. The maximum absolute atomic E-state index is 12.0. The summed E-state index contributed by atoms with van der Waals surface area (Å²) in [5.41, 5.74) is 1.09. The number of carbonyl (C=O) groups excluding carboxylic acids is 1. The summed E-state index contributed by atoms with van der Waals surface area (Å²) in [4.78, 5) is 18.5. The Morgan fingerprint density at radius 1 is 1.40 bits per heavy atom. The molecule has 136 valence electrons. The first-order valence-electron chi connectivity index (χ1n) is 8.72. The van der Waals surface area contributed by atoms with Crippen molar-refractivity contribution in [3.63, 3.8) is 0 Å². The third-order valence-corrected chi connectivity index (χ3v) is 4.44. The van der Waals surface area contributed by atoms with Gasteiger partial charge in [-0.25, -0.2) is 0 Å². The van der Waals surface area contributed by atoms with Crippen molar-refractivity contribution in [3.05, 3.63) is 23.8 Å². The summed E-state index contributed by atoms with van der Waals surface area (Å²) in [5.74, 6) is 2.15. The zero-order chi connectivity index (χ0) is 17.6. The lowest BCUT2D eigenvalue weighted by Gasteiger charge is -2.34. The molecule has 2 heterocycles. The molecule has 0 amide bonds. The van der Waals surface area contributed by atoms with Crippen LogP contribution in [0.25, 0.3) is 0 Å². The molecule has 0 spiro atoms. The second-order valence-corrected chi connectivity index (χ2v) is 6.13. The van der Waals surface area contributed by atoms with E-state index < -0.39 is 0 Å². The smallest absolute Gasteiger partial charge is 0.310 e. The molecule has 1 fully saturated rings. The van der Waals surface area contributed by atoms with Gasteiger partial charge in [-0.15, -0.1) is 0 Å². The number of nitrogens with one attached hydrogen (secondary N) is 1. The van der Waals surface area contributed by atoms with Crippen LogP contribution in [0, 0.1) is 5.92 Å². The molecule has 0 saturated carbocycles. The number of guanidine groups is 1. The molecule has 1 saturated heterocycles. The molecule has 1 aromatic rings. The SMILES string of the molecule is CCOC(=O)C1CCCN(C(=NC)NCc2ccc3c(c2)OCO3)C1. The van der Waals surface area contributed by atoms with Crippen LogP contribution in [0.2, 0.25) is 0 Å². The van der Waals surface area contributed by atoms with E-state index in [1.54, 1.807) is 7.05 Å². The highest BCUT2D eigenvalue weighted by Crippen LogP contribution is 2.32. The van der Waals surface area contributed by atoms with Crippen LogP contribution >= 0.6 is 0 Å². The number of hydrogen-bond acceptors (Lipinski definition) is 5. The van der Waals surface area contributed by atoms with Gasteiger partial charge in [0.15, 0.2) is 17.5 Å². The van der Waals surface area contributed by atoms with Crippen LogP contribution in [-0.2, 0) is 16.1 Å². The molecular formula is C18H25N3O4. The zero-order valence-corrected chi connectivity index (χ0v) is 14.8. The largest absolute Gasteiger partial charge is 0.466 e. The van der Waals surface area contributed by atoms with Crippen LogP contribution in [0.3, 0.4) is 0 Å². The third-order valence-electron chi connectivity index (χ3n) is 4.44. The Morgan fingerprint density at radius 2 is 2.24 bits per heavy atom. The fourth-order valence-electron chi connectivity index (χ4n) is 3.19. The van der Waals surface area contributed by atoms with Crippen molar-refractivity contribution in [2.24, 2.45) is 10.9 Å². The number of esters is 1. The van der Waals surface area contributed by atoms with Crippen LogP contribution < -0.4 is 14.8 Å². The van der Waals surface area contributed by atoms with Crippen LogP contribution in [0.4, 0.5) is 0 Å². The van der Waals surface area contributed by atoms with E-state index in [9.17, 15) is 4.79 Å². The normalized spacial score (nSPS) is 19.7. The van der Waals surface area contributed by atoms with Gasteiger partial charge in [0.25, 0.3) is 0 Å². The van der Waals surface area contributed by atoms with Crippen molar-refractivity contribution in [3.8, 4) is 11.5 Å². The third kappa shape index (κ3) is 4.15. The maximum atomic E-state index is 12.0. The van der Waals surface area contributed by atoms with Gasteiger partial charge < -0.3 is 24.4 Å². The molecule has 1 aromatic carbocycles. The molecule has 1 N–H and O–H groups in total. The minimum Gasteiger partial charge on any atom is -0.466 e. The number of ether oxygens (including phenoxy) is 3. The van der Waals surface area contributed by atoms with Crippen molar-refractivity contribution in [2.75, 3.05) is 33.5 Å². The van der Waals surface area contributed by atoms with E-state index >= 15 is 0 Å². The monoisotopic (exact) mass is 347 g/mol. The Labute approximate surface area is 148 Å². The Bertz CT molecular complexity index is 647.